The number of hydrogen-bond acceptors (Lipinski definition) is 2. The van der Waals surface area contributed by atoms with Gasteiger partial charge in [-0.15, -0.1) is 0 Å². The van der Waals surface area contributed by atoms with E-state index < -0.39 is 12.6 Å². The van der Waals surface area contributed by atoms with E-state index in [4.69, 9.17) is 4.84 Å². The highest BCUT2D eigenvalue weighted by molar-refractivity contribution is 5.94. The number of oxime groups is 1. The molecular weight excluding hydrogens is 207 g/mol. The van der Waals surface area contributed by atoms with Crippen molar-refractivity contribution in [3.8, 4) is 0 Å². The summed E-state index contributed by atoms with van der Waals surface area (Å²) in [6, 6.07) is 0. The van der Waals surface area contributed by atoms with Crippen molar-refractivity contribution in [1.29, 1.82) is 0 Å². The average Bonchev–Trinajstić information content (AvgIpc) is 1.97. The summed E-state index contributed by atoms with van der Waals surface area (Å²) >= 11 is 0. The first-order chi connectivity index (χ1) is 6.64. The van der Waals surface area contributed by atoms with Crippen molar-refractivity contribution < 1.29 is 18.0 Å². The molecule has 5 heteroatoms. The third kappa shape index (κ3) is 9.31. The summed E-state index contributed by atoms with van der Waals surface area (Å²) in [7, 11) is 0. The first-order valence-electron chi connectivity index (χ1n) is 4.52. The molecule has 0 aliphatic rings. The van der Waals surface area contributed by atoms with Gasteiger partial charge in [0.1, 0.15) is 6.61 Å². The Balaban J connectivity index is 4.19. The van der Waals surface area contributed by atoms with Crippen molar-refractivity contribution in [3.63, 3.8) is 0 Å². The molecule has 0 aromatic carbocycles. The maximum Gasteiger partial charge on any atom is 0.394 e. The van der Waals surface area contributed by atoms with Gasteiger partial charge >= 0.3 is 6.18 Å². The van der Waals surface area contributed by atoms with Crippen LogP contribution in [0.5, 0.6) is 0 Å². The molecule has 0 saturated carbocycles. The molecule has 0 N–H and O–H groups in total. The second kappa shape index (κ2) is 5.19. The second-order valence-electron chi connectivity index (χ2n) is 4.41. The van der Waals surface area contributed by atoms with Crippen molar-refractivity contribution >= 4 is 5.71 Å². The van der Waals surface area contributed by atoms with Gasteiger partial charge in [0.15, 0.2) is 0 Å². The zero-order valence-corrected chi connectivity index (χ0v) is 9.19. The lowest BCUT2D eigenvalue weighted by molar-refractivity contribution is -0.121. The SMILES string of the molecule is C=C/C(CC(F)(F)F)=N/OCC(C)(C)C. The van der Waals surface area contributed by atoms with Crippen LogP contribution in [0.2, 0.25) is 0 Å². The first kappa shape index (κ1) is 14.0. The molecule has 0 unspecified atom stereocenters. The lowest BCUT2D eigenvalue weighted by Gasteiger charge is -2.16. The zero-order chi connectivity index (χ0) is 12.1. The van der Waals surface area contributed by atoms with E-state index in [-0.39, 0.29) is 17.7 Å². The van der Waals surface area contributed by atoms with E-state index in [1.807, 2.05) is 20.8 Å². The van der Waals surface area contributed by atoms with Gasteiger partial charge in [0.25, 0.3) is 0 Å². The third-order valence-corrected chi connectivity index (χ3v) is 1.30. The highest BCUT2D eigenvalue weighted by Crippen LogP contribution is 2.21. The fourth-order valence-corrected chi connectivity index (χ4v) is 0.656. The van der Waals surface area contributed by atoms with Gasteiger partial charge in [-0.1, -0.05) is 32.5 Å². The summed E-state index contributed by atoms with van der Waals surface area (Å²) in [6.45, 7) is 9.22. The van der Waals surface area contributed by atoms with Gasteiger partial charge in [0, 0.05) is 0 Å². The van der Waals surface area contributed by atoms with Crippen LogP contribution in [0, 0.1) is 5.41 Å². The zero-order valence-electron chi connectivity index (χ0n) is 9.19. The van der Waals surface area contributed by atoms with Gasteiger partial charge in [-0.2, -0.15) is 13.2 Å². The third-order valence-electron chi connectivity index (χ3n) is 1.30. The van der Waals surface area contributed by atoms with Gasteiger partial charge in [-0.3, -0.25) is 0 Å². The molecule has 0 aromatic heterocycles. The topological polar surface area (TPSA) is 21.6 Å². The van der Waals surface area contributed by atoms with Gasteiger partial charge in [0.2, 0.25) is 0 Å². The predicted molar refractivity (Wildman–Crippen MR) is 53.7 cm³/mol. The summed E-state index contributed by atoms with van der Waals surface area (Å²) in [5.41, 5.74) is -0.333. The number of hydrogen-bond donors (Lipinski definition) is 0. The maximum absolute atomic E-state index is 12.0. The van der Waals surface area contributed by atoms with Crippen LogP contribution in [0.25, 0.3) is 0 Å². The largest absolute Gasteiger partial charge is 0.395 e. The Kier molecular flexibility index (Phi) is 4.84. The molecule has 88 valence electrons. The van der Waals surface area contributed by atoms with E-state index >= 15 is 0 Å². The molecule has 0 aromatic rings. The molecule has 0 spiro atoms. The number of halogens is 3. The van der Waals surface area contributed by atoms with Gasteiger partial charge in [0.05, 0.1) is 12.1 Å². The number of rotatable bonds is 4. The Hall–Kier alpha value is -1.00. The molecule has 0 rings (SSSR count). The second-order valence-corrected chi connectivity index (χ2v) is 4.41. The molecule has 0 amide bonds. The summed E-state index contributed by atoms with van der Waals surface area (Å²) in [6.07, 6.45) is -4.34. The van der Waals surface area contributed by atoms with Crippen LogP contribution in [-0.2, 0) is 4.84 Å². The minimum atomic E-state index is -4.28. The molecule has 2 nitrogen and oxygen atoms in total. The van der Waals surface area contributed by atoms with E-state index in [2.05, 4.69) is 11.7 Å². The minimum Gasteiger partial charge on any atom is -0.395 e. The maximum atomic E-state index is 12.0. The van der Waals surface area contributed by atoms with Crippen LogP contribution in [-0.4, -0.2) is 18.5 Å². The number of nitrogens with zero attached hydrogens (tertiary/aromatic N) is 1. The van der Waals surface area contributed by atoms with Crippen molar-refractivity contribution in [1.82, 2.24) is 0 Å². The highest BCUT2D eigenvalue weighted by Gasteiger charge is 2.29. The van der Waals surface area contributed by atoms with Crippen LogP contribution in [0.4, 0.5) is 13.2 Å². The van der Waals surface area contributed by atoms with E-state index in [0.717, 1.165) is 6.08 Å². The lowest BCUT2D eigenvalue weighted by Crippen LogP contribution is -2.16. The van der Waals surface area contributed by atoms with Crippen LogP contribution >= 0.6 is 0 Å². The van der Waals surface area contributed by atoms with E-state index in [1.54, 1.807) is 0 Å². The summed E-state index contributed by atoms with van der Waals surface area (Å²) in [4.78, 5) is 4.81. The van der Waals surface area contributed by atoms with Crippen LogP contribution in [0.1, 0.15) is 27.2 Å². The van der Waals surface area contributed by atoms with Crippen LogP contribution in [0.3, 0.4) is 0 Å². The molecule has 0 aliphatic heterocycles. The van der Waals surface area contributed by atoms with E-state index in [0.29, 0.717) is 0 Å². The Labute approximate surface area is 87.8 Å². The Morgan fingerprint density at radius 1 is 1.33 bits per heavy atom. The minimum absolute atomic E-state index is 0.131. The molecule has 0 aliphatic carbocycles. The van der Waals surface area contributed by atoms with Crippen LogP contribution in [0.15, 0.2) is 17.8 Å². The van der Waals surface area contributed by atoms with E-state index in [1.165, 1.54) is 0 Å². The van der Waals surface area contributed by atoms with Crippen molar-refractivity contribution in [2.45, 2.75) is 33.4 Å². The fraction of sp³-hybridized carbons (Fsp3) is 0.700. The molecular formula is C10H16F3NO. The average molecular weight is 223 g/mol. The highest BCUT2D eigenvalue weighted by atomic mass is 19.4. The molecule has 0 saturated heterocycles. The van der Waals surface area contributed by atoms with Crippen molar-refractivity contribution in [2.75, 3.05) is 6.61 Å². The van der Waals surface area contributed by atoms with E-state index in [9.17, 15) is 13.2 Å². The smallest absolute Gasteiger partial charge is 0.394 e. The normalized spacial score (nSPS) is 13.9. The Morgan fingerprint density at radius 2 is 1.87 bits per heavy atom. The standard InChI is InChI=1S/C10H16F3NO/c1-5-8(6-10(11,12)13)14-15-7-9(2,3)4/h5H,1,6-7H2,2-4H3/b14-8-. The summed E-state index contributed by atoms with van der Waals surface area (Å²) in [5.74, 6) is 0. The van der Waals surface area contributed by atoms with Gasteiger partial charge < -0.3 is 4.84 Å². The summed E-state index contributed by atoms with van der Waals surface area (Å²) < 4.78 is 35.9. The monoisotopic (exact) mass is 223 g/mol. The molecule has 15 heavy (non-hydrogen) atoms. The number of allylic oxidation sites excluding steroid dienone is 1. The molecule has 0 bridgehead atoms. The Bertz CT molecular complexity index is 238. The van der Waals surface area contributed by atoms with Crippen molar-refractivity contribution in [2.24, 2.45) is 10.6 Å². The molecule has 0 heterocycles. The van der Waals surface area contributed by atoms with Gasteiger partial charge in [-0.25, -0.2) is 0 Å². The number of alkyl halides is 3. The molecule has 0 fully saturated rings. The predicted octanol–water partition coefficient (Wildman–Crippen LogP) is 3.54. The lowest BCUT2D eigenvalue weighted by atomic mass is 9.99. The van der Waals surface area contributed by atoms with Crippen molar-refractivity contribution in [3.05, 3.63) is 12.7 Å². The molecule has 0 radical (unpaired) electrons. The fourth-order valence-electron chi connectivity index (χ4n) is 0.656. The van der Waals surface area contributed by atoms with Gasteiger partial charge in [-0.05, 0) is 11.5 Å². The van der Waals surface area contributed by atoms with Crippen LogP contribution < -0.4 is 0 Å². The quantitative estimate of drug-likeness (QED) is 0.527. The summed E-state index contributed by atoms with van der Waals surface area (Å²) in [5, 5.41) is 3.39. The molecule has 0 atom stereocenters. The first-order valence-corrected chi connectivity index (χ1v) is 4.52. The Morgan fingerprint density at radius 3 is 2.20 bits per heavy atom.